The molecule has 0 aliphatic heterocycles. The highest BCUT2D eigenvalue weighted by atomic mass is 16.3. The van der Waals surface area contributed by atoms with Crippen molar-refractivity contribution in [3.63, 3.8) is 0 Å². The Morgan fingerprint density at radius 2 is 2.33 bits per heavy atom. The first kappa shape index (κ1) is 10.9. The molecule has 0 spiro atoms. The summed E-state index contributed by atoms with van der Waals surface area (Å²) in [5.41, 5.74) is 0. The summed E-state index contributed by atoms with van der Waals surface area (Å²) in [6, 6.07) is 0. The van der Waals surface area contributed by atoms with E-state index in [1.807, 2.05) is 0 Å². The fraction of sp³-hybridized carbons (Fsp3) is 0.769. The van der Waals surface area contributed by atoms with Gasteiger partial charge in [-0.15, -0.1) is 0 Å². The van der Waals surface area contributed by atoms with Gasteiger partial charge in [-0.3, -0.25) is 4.79 Å². The van der Waals surface area contributed by atoms with Crippen molar-refractivity contribution in [2.75, 3.05) is 6.61 Å². The van der Waals surface area contributed by atoms with Crippen LogP contribution in [0.5, 0.6) is 0 Å². The summed E-state index contributed by atoms with van der Waals surface area (Å²) < 4.78 is 0. The van der Waals surface area contributed by atoms with Gasteiger partial charge in [0.1, 0.15) is 0 Å². The molecule has 84 valence electrons. The van der Waals surface area contributed by atoms with Crippen molar-refractivity contribution in [1.29, 1.82) is 0 Å². The molecule has 0 radical (unpaired) electrons. The zero-order valence-corrected chi connectivity index (χ0v) is 9.36. The summed E-state index contributed by atoms with van der Waals surface area (Å²) in [7, 11) is 0. The summed E-state index contributed by atoms with van der Waals surface area (Å²) >= 11 is 0. The van der Waals surface area contributed by atoms with Crippen LogP contribution >= 0.6 is 0 Å². The Labute approximate surface area is 91.4 Å². The second-order valence-electron chi connectivity index (χ2n) is 5.19. The van der Waals surface area contributed by atoms with Crippen molar-refractivity contribution in [2.24, 2.45) is 23.7 Å². The summed E-state index contributed by atoms with van der Waals surface area (Å²) in [6.07, 6.45) is 8.12. The maximum atomic E-state index is 11.3. The Morgan fingerprint density at radius 1 is 1.53 bits per heavy atom. The van der Waals surface area contributed by atoms with E-state index in [9.17, 15) is 4.79 Å². The van der Waals surface area contributed by atoms with Gasteiger partial charge in [0.15, 0.2) is 5.78 Å². The predicted molar refractivity (Wildman–Crippen MR) is 59.3 cm³/mol. The van der Waals surface area contributed by atoms with E-state index in [0.717, 1.165) is 19.3 Å². The highest BCUT2D eigenvalue weighted by molar-refractivity contribution is 5.90. The van der Waals surface area contributed by atoms with E-state index in [-0.39, 0.29) is 0 Å². The topological polar surface area (TPSA) is 37.3 Å². The Morgan fingerprint density at radius 3 is 3.07 bits per heavy atom. The minimum absolute atomic E-state index is 0.296. The first-order chi connectivity index (χ1) is 7.20. The highest BCUT2D eigenvalue weighted by Gasteiger charge is 2.33. The summed E-state index contributed by atoms with van der Waals surface area (Å²) in [6.45, 7) is 2.42. The fourth-order valence-electron chi connectivity index (χ4n) is 3.01. The lowest BCUT2D eigenvalue weighted by atomic mass is 9.67. The first-order valence-corrected chi connectivity index (χ1v) is 6.02. The van der Waals surface area contributed by atoms with Gasteiger partial charge in [-0.25, -0.2) is 0 Å². The van der Waals surface area contributed by atoms with E-state index in [0.29, 0.717) is 36.1 Å². The average Bonchev–Trinajstić information content (AvgIpc) is 2.27. The van der Waals surface area contributed by atoms with Gasteiger partial charge in [0, 0.05) is 13.0 Å². The molecule has 1 fully saturated rings. The summed E-state index contributed by atoms with van der Waals surface area (Å²) in [4.78, 5) is 11.3. The molecule has 1 saturated carbocycles. The standard InChI is InChI=1S/C13H20O2/c1-9(8-14)10-2-3-12-7-13(15)5-4-11(12)6-10/h4-5,9-12,14H,2-3,6-8H2,1H3. The van der Waals surface area contributed by atoms with Crippen LogP contribution in [0.2, 0.25) is 0 Å². The van der Waals surface area contributed by atoms with Gasteiger partial charge in [0.25, 0.3) is 0 Å². The fourth-order valence-corrected chi connectivity index (χ4v) is 3.01. The van der Waals surface area contributed by atoms with Gasteiger partial charge >= 0.3 is 0 Å². The van der Waals surface area contributed by atoms with Crippen LogP contribution in [-0.4, -0.2) is 17.5 Å². The smallest absolute Gasteiger partial charge is 0.155 e. The van der Waals surface area contributed by atoms with Gasteiger partial charge in [-0.1, -0.05) is 13.0 Å². The predicted octanol–water partition coefficient (Wildman–Crippen LogP) is 2.18. The van der Waals surface area contributed by atoms with Crippen LogP contribution in [0.4, 0.5) is 0 Å². The van der Waals surface area contributed by atoms with Crippen LogP contribution in [-0.2, 0) is 4.79 Å². The second-order valence-corrected chi connectivity index (χ2v) is 5.19. The highest BCUT2D eigenvalue weighted by Crippen LogP contribution is 2.41. The first-order valence-electron chi connectivity index (χ1n) is 6.02. The van der Waals surface area contributed by atoms with Crippen LogP contribution in [0.1, 0.15) is 32.6 Å². The molecular weight excluding hydrogens is 188 g/mol. The quantitative estimate of drug-likeness (QED) is 0.755. The van der Waals surface area contributed by atoms with Crippen LogP contribution in [0.3, 0.4) is 0 Å². The van der Waals surface area contributed by atoms with Crippen molar-refractivity contribution in [1.82, 2.24) is 0 Å². The van der Waals surface area contributed by atoms with E-state index >= 15 is 0 Å². The molecule has 0 amide bonds. The van der Waals surface area contributed by atoms with Crippen molar-refractivity contribution >= 4 is 5.78 Å². The molecule has 0 aromatic carbocycles. The molecule has 2 aliphatic carbocycles. The van der Waals surface area contributed by atoms with Crippen molar-refractivity contribution in [3.05, 3.63) is 12.2 Å². The number of hydrogen-bond donors (Lipinski definition) is 1. The van der Waals surface area contributed by atoms with E-state index < -0.39 is 0 Å². The number of rotatable bonds is 2. The third-order valence-electron chi connectivity index (χ3n) is 4.17. The Bertz CT molecular complexity index is 270. The summed E-state index contributed by atoms with van der Waals surface area (Å²) in [5.74, 6) is 2.54. The molecule has 0 heterocycles. The average molecular weight is 208 g/mol. The second kappa shape index (κ2) is 4.48. The van der Waals surface area contributed by atoms with E-state index in [4.69, 9.17) is 5.11 Å². The van der Waals surface area contributed by atoms with Gasteiger partial charge < -0.3 is 5.11 Å². The van der Waals surface area contributed by atoms with Crippen molar-refractivity contribution < 1.29 is 9.90 Å². The Hall–Kier alpha value is -0.630. The molecule has 4 unspecified atom stereocenters. The largest absolute Gasteiger partial charge is 0.396 e. The lowest BCUT2D eigenvalue weighted by Gasteiger charge is -2.38. The lowest BCUT2D eigenvalue weighted by Crippen LogP contribution is -2.31. The minimum Gasteiger partial charge on any atom is -0.396 e. The molecule has 2 heteroatoms. The van der Waals surface area contributed by atoms with Crippen molar-refractivity contribution in [3.8, 4) is 0 Å². The maximum Gasteiger partial charge on any atom is 0.155 e. The molecule has 0 saturated heterocycles. The molecule has 2 rings (SSSR count). The van der Waals surface area contributed by atoms with Crippen LogP contribution in [0.25, 0.3) is 0 Å². The zero-order valence-electron chi connectivity index (χ0n) is 9.36. The molecule has 2 aliphatic rings. The molecular formula is C13H20O2. The molecule has 0 aromatic heterocycles. The van der Waals surface area contributed by atoms with Gasteiger partial charge in [-0.2, -0.15) is 0 Å². The number of allylic oxidation sites excluding steroid dienone is 2. The van der Waals surface area contributed by atoms with Crippen LogP contribution in [0.15, 0.2) is 12.2 Å². The third-order valence-corrected chi connectivity index (χ3v) is 4.17. The molecule has 1 N–H and O–H groups in total. The Balaban J connectivity index is 1.99. The Kier molecular flexibility index (Phi) is 3.25. The SMILES string of the molecule is CC(CO)C1CCC2CC(=O)C=CC2C1. The van der Waals surface area contributed by atoms with E-state index in [1.54, 1.807) is 6.08 Å². The van der Waals surface area contributed by atoms with E-state index in [2.05, 4.69) is 13.0 Å². The molecule has 0 aromatic rings. The number of carbonyl (C=O) groups is 1. The van der Waals surface area contributed by atoms with Crippen LogP contribution in [0, 0.1) is 23.7 Å². The molecule has 0 bridgehead atoms. The van der Waals surface area contributed by atoms with Gasteiger partial charge in [0.2, 0.25) is 0 Å². The lowest BCUT2D eigenvalue weighted by molar-refractivity contribution is -0.116. The maximum absolute atomic E-state index is 11.3. The van der Waals surface area contributed by atoms with Crippen molar-refractivity contribution in [2.45, 2.75) is 32.6 Å². The molecule has 2 nitrogen and oxygen atoms in total. The van der Waals surface area contributed by atoms with E-state index in [1.165, 1.54) is 6.42 Å². The number of ketones is 1. The molecule has 15 heavy (non-hydrogen) atoms. The third kappa shape index (κ3) is 2.31. The number of fused-ring (bicyclic) bond motifs is 1. The van der Waals surface area contributed by atoms with Gasteiger partial charge in [-0.05, 0) is 49.0 Å². The number of carbonyl (C=O) groups excluding carboxylic acids is 1. The number of aliphatic hydroxyl groups is 1. The van der Waals surface area contributed by atoms with Gasteiger partial charge in [0.05, 0.1) is 0 Å². The monoisotopic (exact) mass is 208 g/mol. The molecule has 4 atom stereocenters. The summed E-state index contributed by atoms with van der Waals surface area (Å²) in [5, 5.41) is 9.15. The number of aliphatic hydroxyl groups excluding tert-OH is 1. The zero-order chi connectivity index (χ0) is 10.8. The normalized spacial score (nSPS) is 37.5. The van der Waals surface area contributed by atoms with Crippen LogP contribution < -0.4 is 0 Å². The number of hydrogen-bond acceptors (Lipinski definition) is 2. The minimum atomic E-state index is 0.296.